The number of nitrogens with zero attached hydrogens (tertiary/aromatic N) is 1. The molecule has 0 radical (unpaired) electrons. The number of carbonyl (C=O) groups excluding carboxylic acids is 3. The van der Waals surface area contributed by atoms with Crippen LogP contribution in [0.3, 0.4) is 0 Å². The van der Waals surface area contributed by atoms with E-state index in [1.54, 1.807) is 24.3 Å². The van der Waals surface area contributed by atoms with Crippen LogP contribution in [-0.2, 0) is 4.74 Å². The number of benzene rings is 2. The summed E-state index contributed by atoms with van der Waals surface area (Å²) in [6, 6.07) is 11.2. The lowest BCUT2D eigenvalue weighted by atomic mass is 10.1. The van der Waals surface area contributed by atoms with Crippen LogP contribution in [0.4, 0.5) is 5.69 Å². The molecule has 1 heterocycles. The number of fused-ring (bicyclic) bond motifs is 1. The van der Waals surface area contributed by atoms with Crippen LogP contribution in [0.2, 0.25) is 0 Å². The zero-order chi connectivity index (χ0) is 19.6. The predicted molar refractivity (Wildman–Crippen MR) is 100 cm³/mol. The third kappa shape index (κ3) is 3.56. The molecule has 6 heteroatoms. The van der Waals surface area contributed by atoms with Crippen LogP contribution >= 0.6 is 0 Å². The van der Waals surface area contributed by atoms with E-state index in [9.17, 15) is 14.4 Å². The standard InChI is InChI=1S/C21H21NO5/c1-13(2)10-11-27-21(25)14-8-9-15-16(12-14)20(24)22(19(15)23)17-6-4-5-7-18(17)26-3/h4-9,12-13H,10-11H2,1-3H3. The van der Waals surface area contributed by atoms with Gasteiger partial charge in [0.05, 0.1) is 36.1 Å². The Balaban J connectivity index is 1.88. The number of hydrogen-bond donors (Lipinski definition) is 0. The summed E-state index contributed by atoms with van der Waals surface area (Å²) in [7, 11) is 1.47. The molecule has 0 N–H and O–H groups in total. The van der Waals surface area contributed by atoms with Crippen LogP contribution in [0.1, 0.15) is 51.3 Å². The fourth-order valence-electron chi connectivity index (χ4n) is 2.87. The summed E-state index contributed by atoms with van der Waals surface area (Å²) in [5.74, 6) is -0.600. The van der Waals surface area contributed by atoms with Gasteiger partial charge in [0.2, 0.25) is 0 Å². The number of methoxy groups -OCH3 is 1. The number of imide groups is 1. The number of carbonyl (C=O) groups is 3. The minimum absolute atomic E-state index is 0.184. The number of anilines is 1. The monoisotopic (exact) mass is 367 g/mol. The van der Waals surface area contributed by atoms with Crippen LogP contribution in [0.5, 0.6) is 5.75 Å². The van der Waals surface area contributed by atoms with E-state index in [0.717, 1.165) is 11.3 Å². The second kappa shape index (κ2) is 7.61. The minimum atomic E-state index is -0.505. The molecule has 0 spiro atoms. The van der Waals surface area contributed by atoms with Gasteiger partial charge in [-0.3, -0.25) is 9.59 Å². The first-order valence-corrected chi connectivity index (χ1v) is 8.77. The Morgan fingerprint density at radius 3 is 2.44 bits per heavy atom. The van der Waals surface area contributed by atoms with Crippen molar-refractivity contribution in [2.45, 2.75) is 20.3 Å². The van der Waals surface area contributed by atoms with Crippen LogP contribution in [0.15, 0.2) is 42.5 Å². The molecule has 0 unspecified atom stereocenters. The van der Waals surface area contributed by atoms with Gasteiger partial charge in [-0.15, -0.1) is 0 Å². The summed E-state index contributed by atoms with van der Waals surface area (Å²) in [5.41, 5.74) is 1.06. The highest BCUT2D eigenvalue weighted by Crippen LogP contribution is 2.34. The Kier molecular flexibility index (Phi) is 5.26. The van der Waals surface area contributed by atoms with Gasteiger partial charge in [-0.1, -0.05) is 26.0 Å². The van der Waals surface area contributed by atoms with E-state index in [0.29, 0.717) is 24.0 Å². The normalized spacial score (nSPS) is 13.1. The van der Waals surface area contributed by atoms with Crippen molar-refractivity contribution in [1.82, 2.24) is 0 Å². The number of rotatable bonds is 6. The van der Waals surface area contributed by atoms with E-state index in [4.69, 9.17) is 9.47 Å². The lowest BCUT2D eigenvalue weighted by Gasteiger charge is -2.16. The molecule has 2 aromatic rings. The number of para-hydroxylation sites is 2. The van der Waals surface area contributed by atoms with Gasteiger partial charge >= 0.3 is 5.97 Å². The van der Waals surface area contributed by atoms with E-state index >= 15 is 0 Å². The molecule has 1 aliphatic rings. The molecule has 2 amide bonds. The van der Waals surface area contributed by atoms with Crippen LogP contribution < -0.4 is 9.64 Å². The van der Waals surface area contributed by atoms with Crippen molar-refractivity contribution < 1.29 is 23.9 Å². The molecule has 2 aromatic carbocycles. The maximum Gasteiger partial charge on any atom is 0.338 e. The second-order valence-electron chi connectivity index (χ2n) is 6.70. The quantitative estimate of drug-likeness (QED) is 0.575. The molecule has 6 nitrogen and oxygen atoms in total. The smallest absolute Gasteiger partial charge is 0.338 e. The Morgan fingerprint density at radius 1 is 1.04 bits per heavy atom. The number of hydrogen-bond acceptors (Lipinski definition) is 5. The number of ether oxygens (including phenoxy) is 2. The topological polar surface area (TPSA) is 72.9 Å². The van der Waals surface area contributed by atoms with Crippen molar-refractivity contribution in [3.05, 3.63) is 59.2 Å². The zero-order valence-corrected chi connectivity index (χ0v) is 15.5. The second-order valence-corrected chi connectivity index (χ2v) is 6.70. The van der Waals surface area contributed by atoms with Gasteiger partial charge in [0.25, 0.3) is 11.8 Å². The molecule has 0 saturated heterocycles. The number of esters is 1. The summed E-state index contributed by atoms with van der Waals surface area (Å²) in [6.07, 6.45) is 0.760. The third-order valence-electron chi connectivity index (χ3n) is 4.38. The van der Waals surface area contributed by atoms with E-state index in [2.05, 4.69) is 0 Å². The van der Waals surface area contributed by atoms with E-state index in [-0.39, 0.29) is 16.7 Å². The molecule has 0 aliphatic carbocycles. The van der Waals surface area contributed by atoms with Crippen molar-refractivity contribution in [2.75, 3.05) is 18.6 Å². The first kappa shape index (κ1) is 18.6. The van der Waals surface area contributed by atoms with Crippen LogP contribution in [-0.4, -0.2) is 31.5 Å². The molecule has 140 valence electrons. The Bertz CT molecular complexity index is 903. The SMILES string of the molecule is COc1ccccc1N1C(=O)c2ccc(C(=O)OCCC(C)C)cc2C1=O. The van der Waals surface area contributed by atoms with Crippen molar-refractivity contribution in [3.63, 3.8) is 0 Å². The molecular formula is C21H21NO5. The predicted octanol–water partition coefficient (Wildman–Crippen LogP) is 3.70. The molecule has 1 aliphatic heterocycles. The Morgan fingerprint density at radius 2 is 1.74 bits per heavy atom. The summed E-state index contributed by atoms with van der Waals surface area (Å²) in [5, 5.41) is 0. The highest BCUT2D eigenvalue weighted by atomic mass is 16.5. The maximum atomic E-state index is 12.9. The minimum Gasteiger partial charge on any atom is -0.495 e. The average molecular weight is 367 g/mol. The van der Waals surface area contributed by atoms with Crippen LogP contribution in [0.25, 0.3) is 0 Å². The molecular weight excluding hydrogens is 346 g/mol. The van der Waals surface area contributed by atoms with Gasteiger partial charge in [0.1, 0.15) is 5.75 Å². The van der Waals surface area contributed by atoms with E-state index in [1.807, 2.05) is 13.8 Å². The third-order valence-corrected chi connectivity index (χ3v) is 4.38. The summed E-state index contributed by atoms with van der Waals surface area (Å²) in [4.78, 5) is 38.9. The largest absolute Gasteiger partial charge is 0.495 e. The van der Waals surface area contributed by atoms with Crippen molar-refractivity contribution >= 4 is 23.5 Å². The van der Waals surface area contributed by atoms with Gasteiger partial charge < -0.3 is 9.47 Å². The highest BCUT2D eigenvalue weighted by Gasteiger charge is 2.38. The molecule has 3 rings (SSSR count). The van der Waals surface area contributed by atoms with Crippen LogP contribution in [0, 0.1) is 5.92 Å². The van der Waals surface area contributed by atoms with Crippen molar-refractivity contribution in [2.24, 2.45) is 5.92 Å². The fourth-order valence-corrected chi connectivity index (χ4v) is 2.87. The summed E-state index contributed by atoms with van der Waals surface area (Å²) >= 11 is 0. The molecule has 0 aromatic heterocycles. The molecule has 0 fully saturated rings. The Labute approximate surface area is 157 Å². The van der Waals surface area contributed by atoms with Gasteiger partial charge in [0, 0.05) is 0 Å². The van der Waals surface area contributed by atoms with Gasteiger partial charge in [-0.2, -0.15) is 0 Å². The summed E-state index contributed by atoms with van der Waals surface area (Å²) < 4.78 is 10.5. The Hall–Kier alpha value is -3.15. The zero-order valence-electron chi connectivity index (χ0n) is 15.5. The lowest BCUT2D eigenvalue weighted by molar-refractivity contribution is 0.0488. The van der Waals surface area contributed by atoms with Crippen molar-refractivity contribution in [3.8, 4) is 5.75 Å². The van der Waals surface area contributed by atoms with E-state index in [1.165, 1.54) is 25.3 Å². The highest BCUT2D eigenvalue weighted by molar-refractivity contribution is 6.35. The van der Waals surface area contributed by atoms with Gasteiger partial charge in [0.15, 0.2) is 0 Å². The van der Waals surface area contributed by atoms with Gasteiger partial charge in [-0.25, -0.2) is 9.69 Å². The maximum absolute atomic E-state index is 12.9. The molecule has 27 heavy (non-hydrogen) atoms. The molecule has 0 saturated carbocycles. The average Bonchev–Trinajstić information content (AvgIpc) is 2.91. The van der Waals surface area contributed by atoms with E-state index < -0.39 is 17.8 Å². The van der Waals surface area contributed by atoms with Gasteiger partial charge in [-0.05, 0) is 42.7 Å². The lowest BCUT2D eigenvalue weighted by Crippen LogP contribution is -2.29. The van der Waals surface area contributed by atoms with Crippen molar-refractivity contribution in [1.29, 1.82) is 0 Å². The first-order valence-electron chi connectivity index (χ1n) is 8.77. The first-order chi connectivity index (χ1) is 12.9. The summed E-state index contributed by atoms with van der Waals surface area (Å²) in [6.45, 7) is 4.40. The molecule has 0 bridgehead atoms. The fraction of sp³-hybridized carbons (Fsp3) is 0.286. The molecule has 0 atom stereocenters. The number of amides is 2.